The average Bonchev–Trinajstić information content (AvgIpc) is 2.65. The van der Waals surface area contributed by atoms with Gasteiger partial charge in [-0.1, -0.05) is 18.2 Å². The number of esters is 1. The van der Waals surface area contributed by atoms with Gasteiger partial charge in [0.15, 0.2) is 6.61 Å². The largest absolute Gasteiger partial charge is 0.495 e. The lowest BCUT2D eigenvalue weighted by atomic mass is 9.95. The summed E-state index contributed by atoms with van der Waals surface area (Å²) in [4.78, 5) is 35.6. The highest BCUT2D eigenvalue weighted by atomic mass is 16.5. The van der Waals surface area contributed by atoms with Gasteiger partial charge in [0, 0.05) is 0 Å². The molecule has 1 aliphatic carbocycles. The van der Waals surface area contributed by atoms with Gasteiger partial charge in [-0.15, -0.1) is 0 Å². The van der Waals surface area contributed by atoms with Crippen molar-refractivity contribution in [3.8, 4) is 5.75 Å². The van der Waals surface area contributed by atoms with Gasteiger partial charge in [-0.2, -0.15) is 0 Å². The molecule has 0 aromatic heterocycles. The smallest absolute Gasteiger partial charge is 0.309 e. The summed E-state index contributed by atoms with van der Waals surface area (Å²) in [5.41, 5.74) is 1.50. The molecule has 1 atom stereocenters. The van der Waals surface area contributed by atoms with Crippen LogP contribution in [-0.4, -0.2) is 38.0 Å². The minimum absolute atomic E-state index is 0.190. The SMILES string of the molecule is COc1ccc(C)cc1NC(=O)CNC(=O)COC(=O)[C@@H]1CC=CCC1. The third-order valence-corrected chi connectivity index (χ3v) is 4.02. The van der Waals surface area contributed by atoms with Crippen LogP contribution in [0.5, 0.6) is 5.75 Å². The summed E-state index contributed by atoms with van der Waals surface area (Å²) in [6.45, 7) is 1.28. The molecule has 0 heterocycles. The highest BCUT2D eigenvalue weighted by Crippen LogP contribution is 2.25. The number of aryl methyl sites for hydroxylation is 1. The molecule has 2 N–H and O–H groups in total. The van der Waals surface area contributed by atoms with E-state index in [0.29, 0.717) is 17.9 Å². The summed E-state index contributed by atoms with van der Waals surface area (Å²) in [5.74, 6) is -0.948. The number of methoxy groups -OCH3 is 1. The van der Waals surface area contributed by atoms with Crippen molar-refractivity contribution in [2.75, 3.05) is 25.6 Å². The van der Waals surface area contributed by atoms with Crippen LogP contribution in [0.25, 0.3) is 0 Å². The number of carbonyl (C=O) groups excluding carboxylic acids is 3. The molecule has 26 heavy (non-hydrogen) atoms. The number of hydrogen-bond acceptors (Lipinski definition) is 5. The fraction of sp³-hybridized carbons (Fsp3) is 0.421. The lowest BCUT2D eigenvalue weighted by molar-refractivity contribution is -0.152. The van der Waals surface area contributed by atoms with Crippen molar-refractivity contribution in [3.63, 3.8) is 0 Å². The van der Waals surface area contributed by atoms with Gasteiger partial charge in [0.1, 0.15) is 5.75 Å². The van der Waals surface area contributed by atoms with E-state index in [1.54, 1.807) is 12.1 Å². The van der Waals surface area contributed by atoms with Crippen LogP contribution in [0.1, 0.15) is 24.8 Å². The molecule has 0 saturated heterocycles. The average molecular weight is 360 g/mol. The maximum atomic E-state index is 12.0. The van der Waals surface area contributed by atoms with E-state index in [4.69, 9.17) is 9.47 Å². The predicted molar refractivity (Wildman–Crippen MR) is 96.8 cm³/mol. The zero-order chi connectivity index (χ0) is 18.9. The second-order valence-electron chi connectivity index (χ2n) is 6.12. The van der Waals surface area contributed by atoms with Crippen LogP contribution in [0.3, 0.4) is 0 Å². The number of benzene rings is 1. The summed E-state index contributed by atoms with van der Waals surface area (Å²) >= 11 is 0. The van der Waals surface area contributed by atoms with Crippen LogP contribution in [-0.2, 0) is 19.1 Å². The highest BCUT2D eigenvalue weighted by Gasteiger charge is 2.21. The number of nitrogens with one attached hydrogen (secondary N) is 2. The van der Waals surface area contributed by atoms with Crippen molar-refractivity contribution in [2.45, 2.75) is 26.2 Å². The molecule has 1 aromatic rings. The number of ether oxygens (including phenoxy) is 2. The Kier molecular flexibility index (Phi) is 7.20. The van der Waals surface area contributed by atoms with Crippen LogP contribution in [0.4, 0.5) is 5.69 Å². The Morgan fingerprint density at radius 1 is 1.19 bits per heavy atom. The minimum atomic E-state index is -0.518. The first-order valence-corrected chi connectivity index (χ1v) is 8.52. The number of hydrogen-bond donors (Lipinski definition) is 2. The highest BCUT2D eigenvalue weighted by molar-refractivity contribution is 5.96. The number of allylic oxidation sites excluding steroid dienone is 2. The van der Waals surface area contributed by atoms with Crippen LogP contribution in [0.2, 0.25) is 0 Å². The Balaban J connectivity index is 1.73. The molecule has 140 valence electrons. The lowest BCUT2D eigenvalue weighted by Gasteiger charge is -2.16. The molecule has 1 aliphatic rings. The zero-order valence-electron chi connectivity index (χ0n) is 15.0. The van der Waals surface area contributed by atoms with E-state index in [2.05, 4.69) is 10.6 Å². The lowest BCUT2D eigenvalue weighted by Crippen LogP contribution is -2.36. The molecule has 0 saturated carbocycles. The van der Waals surface area contributed by atoms with E-state index in [1.165, 1.54) is 7.11 Å². The molecule has 7 heteroatoms. The molecule has 2 amide bonds. The van der Waals surface area contributed by atoms with Crippen LogP contribution < -0.4 is 15.4 Å². The molecule has 2 rings (SSSR count). The Bertz CT molecular complexity index is 699. The fourth-order valence-corrected chi connectivity index (χ4v) is 2.61. The van der Waals surface area contributed by atoms with Gasteiger partial charge in [-0.25, -0.2) is 0 Å². The van der Waals surface area contributed by atoms with Gasteiger partial charge in [0.2, 0.25) is 5.91 Å². The maximum Gasteiger partial charge on any atom is 0.309 e. The predicted octanol–water partition coefficient (Wildman–Crippen LogP) is 1.96. The molecule has 7 nitrogen and oxygen atoms in total. The van der Waals surface area contributed by atoms with Crippen molar-refractivity contribution in [3.05, 3.63) is 35.9 Å². The van der Waals surface area contributed by atoms with E-state index in [9.17, 15) is 14.4 Å². The summed E-state index contributed by atoms with van der Waals surface area (Å²) in [6, 6.07) is 5.40. The molecule has 0 spiro atoms. The van der Waals surface area contributed by atoms with Crippen LogP contribution in [0.15, 0.2) is 30.4 Å². The number of carbonyl (C=O) groups is 3. The Morgan fingerprint density at radius 2 is 2.00 bits per heavy atom. The molecular formula is C19H24N2O5. The second kappa shape index (κ2) is 9.60. The number of amides is 2. The van der Waals surface area contributed by atoms with E-state index in [-0.39, 0.29) is 25.0 Å². The topological polar surface area (TPSA) is 93.7 Å². The molecule has 0 radical (unpaired) electrons. The van der Waals surface area contributed by atoms with E-state index < -0.39 is 11.8 Å². The maximum absolute atomic E-state index is 12.0. The van der Waals surface area contributed by atoms with Gasteiger partial charge in [-0.05, 0) is 43.9 Å². The molecule has 0 bridgehead atoms. The van der Waals surface area contributed by atoms with Crippen molar-refractivity contribution in [2.24, 2.45) is 5.92 Å². The third-order valence-electron chi connectivity index (χ3n) is 4.02. The number of rotatable bonds is 7. The molecule has 1 aromatic carbocycles. The van der Waals surface area contributed by atoms with Crippen molar-refractivity contribution < 1.29 is 23.9 Å². The van der Waals surface area contributed by atoms with E-state index >= 15 is 0 Å². The summed E-state index contributed by atoms with van der Waals surface area (Å²) in [7, 11) is 1.51. The van der Waals surface area contributed by atoms with Gasteiger partial charge in [0.25, 0.3) is 5.91 Å². The molecule has 0 unspecified atom stereocenters. The van der Waals surface area contributed by atoms with Crippen molar-refractivity contribution in [1.82, 2.24) is 5.32 Å². The van der Waals surface area contributed by atoms with E-state index in [0.717, 1.165) is 18.4 Å². The van der Waals surface area contributed by atoms with Gasteiger partial charge >= 0.3 is 5.97 Å². The summed E-state index contributed by atoms with van der Waals surface area (Å²) < 4.78 is 10.2. The third kappa shape index (κ3) is 5.91. The van der Waals surface area contributed by atoms with Crippen LogP contribution >= 0.6 is 0 Å². The normalized spacial score (nSPS) is 15.8. The second-order valence-corrected chi connectivity index (χ2v) is 6.12. The Hall–Kier alpha value is -2.83. The quantitative estimate of drug-likeness (QED) is 0.573. The first-order valence-electron chi connectivity index (χ1n) is 8.52. The first kappa shape index (κ1) is 19.5. The fourth-order valence-electron chi connectivity index (χ4n) is 2.61. The monoisotopic (exact) mass is 360 g/mol. The standard InChI is InChI=1S/C19H24N2O5/c1-13-8-9-16(25-2)15(10-13)21-17(22)11-20-18(23)12-26-19(24)14-6-4-3-5-7-14/h3-4,8-10,14H,5-7,11-12H2,1-2H3,(H,20,23)(H,21,22)/t14-/m1/s1. The number of anilines is 1. The first-order chi connectivity index (χ1) is 12.5. The minimum Gasteiger partial charge on any atom is -0.495 e. The summed E-state index contributed by atoms with van der Waals surface area (Å²) in [6.07, 6.45) is 6.19. The molecule has 0 fully saturated rings. The zero-order valence-corrected chi connectivity index (χ0v) is 15.0. The van der Waals surface area contributed by atoms with Gasteiger partial charge in [0.05, 0.1) is 25.3 Å². The summed E-state index contributed by atoms with van der Waals surface area (Å²) in [5, 5.41) is 5.11. The van der Waals surface area contributed by atoms with E-state index in [1.807, 2.05) is 25.1 Å². The van der Waals surface area contributed by atoms with Crippen LogP contribution in [0, 0.1) is 12.8 Å². The molecule has 0 aliphatic heterocycles. The Morgan fingerprint density at radius 3 is 2.69 bits per heavy atom. The van der Waals surface area contributed by atoms with Crippen molar-refractivity contribution >= 4 is 23.5 Å². The van der Waals surface area contributed by atoms with Gasteiger partial charge in [-0.3, -0.25) is 14.4 Å². The Labute approximate surface area is 152 Å². The molecular weight excluding hydrogens is 336 g/mol. The van der Waals surface area contributed by atoms with Gasteiger partial charge < -0.3 is 20.1 Å². The van der Waals surface area contributed by atoms with Crippen molar-refractivity contribution in [1.29, 1.82) is 0 Å².